The summed E-state index contributed by atoms with van der Waals surface area (Å²) in [7, 11) is 0. The van der Waals surface area contributed by atoms with Crippen molar-refractivity contribution in [2.75, 3.05) is 17.2 Å². The third-order valence-electron chi connectivity index (χ3n) is 3.27. The van der Waals surface area contributed by atoms with Gasteiger partial charge in [0, 0.05) is 21.8 Å². The van der Waals surface area contributed by atoms with Crippen LogP contribution in [-0.4, -0.2) is 23.9 Å². The first-order chi connectivity index (χ1) is 12.1. The molecular formula is C19H21Cl2N3O2. The summed E-state index contributed by atoms with van der Waals surface area (Å²) in [4.78, 5) is 24.3. The second-order valence-corrected chi connectivity index (χ2v) is 7.65. The summed E-state index contributed by atoms with van der Waals surface area (Å²) in [5.41, 5.74) is 1.31. The Hall–Kier alpha value is -2.24. The number of anilines is 2. The van der Waals surface area contributed by atoms with E-state index in [4.69, 9.17) is 23.2 Å². The first-order valence-electron chi connectivity index (χ1n) is 8.05. The summed E-state index contributed by atoms with van der Waals surface area (Å²) >= 11 is 11.9. The molecular weight excluding hydrogens is 373 g/mol. The van der Waals surface area contributed by atoms with E-state index in [1.807, 2.05) is 20.8 Å². The van der Waals surface area contributed by atoms with E-state index in [1.54, 1.807) is 42.5 Å². The van der Waals surface area contributed by atoms with Crippen LogP contribution in [-0.2, 0) is 4.79 Å². The molecule has 26 heavy (non-hydrogen) atoms. The molecule has 138 valence electrons. The van der Waals surface area contributed by atoms with Crippen LogP contribution in [0.4, 0.5) is 11.4 Å². The fourth-order valence-electron chi connectivity index (χ4n) is 2.15. The molecule has 0 atom stereocenters. The lowest BCUT2D eigenvalue weighted by atomic mass is 10.1. The van der Waals surface area contributed by atoms with E-state index in [0.717, 1.165) is 0 Å². The van der Waals surface area contributed by atoms with E-state index in [-0.39, 0.29) is 23.9 Å². The number of carbonyl (C=O) groups is 2. The van der Waals surface area contributed by atoms with Gasteiger partial charge >= 0.3 is 0 Å². The second kappa shape index (κ2) is 8.43. The van der Waals surface area contributed by atoms with Crippen molar-refractivity contribution in [3.8, 4) is 0 Å². The van der Waals surface area contributed by atoms with E-state index >= 15 is 0 Å². The van der Waals surface area contributed by atoms with Crippen molar-refractivity contribution in [3.05, 3.63) is 58.1 Å². The molecule has 2 aromatic carbocycles. The SMILES string of the molecule is CC(C)(C)NC(=O)c1cccc(NCC(=O)Nc2cc(Cl)ccc2Cl)c1. The topological polar surface area (TPSA) is 70.2 Å². The molecule has 0 aromatic heterocycles. The van der Waals surface area contributed by atoms with Crippen LogP contribution < -0.4 is 16.0 Å². The molecule has 0 saturated carbocycles. The molecule has 0 aliphatic heterocycles. The summed E-state index contributed by atoms with van der Waals surface area (Å²) in [5, 5.41) is 9.47. The largest absolute Gasteiger partial charge is 0.376 e. The summed E-state index contributed by atoms with van der Waals surface area (Å²) in [6.45, 7) is 5.77. The molecule has 0 fully saturated rings. The number of halogens is 2. The smallest absolute Gasteiger partial charge is 0.251 e. The highest BCUT2D eigenvalue weighted by molar-refractivity contribution is 6.35. The predicted molar refractivity (Wildman–Crippen MR) is 107 cm³/mol. The maximum absolute atomic E-state index is 12.2. The minimum absolute atomic E-state index is 0.0210. The number of amides is 2. The highest BCUT2D eigenvalue weighted by Crippen LogP contribution is 2.25. The van der Waals surface area contributed by atoms with Crippen LogP contribution in [0.5, 0.6) is 0 Å². The number of hydrogen-bond donors (Lipinski definition) is 3. The first kappa shape index (κ1) is 20.1. The van der Waals surface area contributed by atoms with Crippen LogP contribution >= 0.6 is 23.2 Å². The van der Waals surface area contributed by atoms with Gasteiger partial charge in [0.25, 0.3) is 5.91 Å². The van der Waals surface area contributed by atoms with Crippen molar-refractivity contribution in [3.63, 3.8) is 0 Å². The Kier molecular flexibility index (Phi) is 6.51. The van der Waals surface area contributed by atoms with Gasteiger partial charge in [-0.15, -0.1) is 0 Å². The van der Waals surface area contributed by atoms with E-state index in [1.165, 1.54) is 0 Å². The Balaban J connectivity index is 1.97. The van der Waals surface area contributed by atoms with Crippen molar-refractivity contribution in [1.82, 2.24) is 5.32 Å². The zero-order valence-electron chi connectivity index (χ0n) is 14.8. The standard InChI is InChI=1S/C19H21Cl2N3O2/c1-19(2,3)24-18(26)12-5-4-6-14(9-12)22-11-17(25)23-16-10-13(20)7-8-15(16)21/h4-10,22H,11H2,1-3H3,(H,23,25)(H,24,26). The van der Waals surface area contributed by atoms with Crippen LogP contribution in [0.3, 0.4) is 0 Å². The van der Waals surface area contributed by atoms with E-state index in [9.17, 15) is 9.59 Å². The van der Waals surface area contributed by atoms with Gasteiger partial charge in [-0.05, 0) is 57.2 Å². The number of benzene rings is 2. The zero-order chi connectivity index (χ0) is 19.3. The van der Waals surface area contributed by atoms with Gasteiger partial charge < -0.3 is 16.0 Å². The van der Waals surface area contributed by atoms with Crippen molar-refractivity contribution >= 4 is 46.4 Å². The second-order valence-electron chi connectivity index (χ2n) is 6.81. The minimum atomic E-state index is -0.323. The van der Waals surface area contributed by atoms with Crippen LogP contribution in [0.15, 0.2) is 42.5 Å². The van der Waals surface area contributed by atoms with Gasteiger partial charge in [0.15, 0.2) is 0 Å². The average Bonchev–Trinajstić information content (AvgIpc) is 2.55. The van der Waals surface area contributed by atoms with Crippen molar-refractivity contribution in [2.24, 2.45) is 0 Å². The lowest BCUT2D eigenvalue weighted by Crippen LogP contribution is -2.40. The molecule has 0 radical (unpaired) electrons. The molecule has 2 amide bonds. The van der Waals surface area contributed by atoms with Gasteiger partial charge in [0.1, 0.15) is 0 Å². The zero-order valence-corrected chi connectivity index (χ0v) is 16.3. The minimum Gasteiger partial charge on any atom is -0.376 e. The van der Waals surface area contributed by atoms with Crippen LogP contribution in [0.25, 0.3) is 0 Å². The van der Waals surface area contributed by atoms with Gasteiger partial charge in [-0.25, -0.2) is 0 Å². The highest BCUT2D eigenvalue weighted by atomic mass is 35.5. The Morgan fingerprint density at radius 3 is 2.46 bits per heavy atom. The number of nitrogens with one attached hydrogen (secondary N) is 3. The first-order valence-corrected chi connectivity index (χ1v) is 8.81. The highest BCUT2D eigenvalue weighted by Gasteiger charge is 2.15. The van der Waals surface area contributed by atoms with Gasteiger partial charge in [0.05, 0.1) is 17.3 Å². The molecule has 0 spiro atoms. The number of rotatable bonds is 5. The lowest BCUT2D eigenvalue weighted by Gasteiger charge is -2.20. The maximum Gasteiger partial charge on any atom is 0.251 e. The maximum atomic E-state index is 12.2. The lowest BCUT2D eigenvalue weighted by molar-refractivity contribution is -0.114. The van der Waals surface area contributed by atoms with E-state index in [0.29, 0.717) is 27.0 Å². The van der Waals surface area contributed by atoms with Gasteiger partial charge in [-0.2, -0.15) is 0 Å². The average molecular weight is 394 g/mol. The summed E-state index contributed by atoms with van der Waals surface area (Å²) < 4.78 is 0. The monoisotopic (exact) mass is 393 g/mol. The summed E-state index contributed by atoms with van der Waals surface area (Å²) in [5.74, 6) is -0.449. The van der Waals surface area contributed by atoms with Crippen molar-refractivity contribution in [1.29, 1.82) is 0 Å². The molecule has 3 N–H and O–H groups in total. The Bertz CT molecular complexity index is 817. The van der Waals surface area contributed by atoms with Crippen LogP contribution in [0.1, 0.15) is 31.1 Å². The molecule has 0 saturated heterocycles. The van der Waals surface area contributed by atoms with Crippen molar-refractivity contribution in [2.45, 2.75) is 26.3 Å². The Morgan fingerprint density at radius 1 is 1.04 bits per heavy atom. The fourth-order valence-corrected chi connectivity index (χ4v) is 2.49. The van der Waals surface area contributed by atoms with Gasteiger partial charge in [-0.3, -0.25) is 9.59 Å². The van der Waals surface area contributed by atoms with Gasteiger partial charge in [0.2, 0.25) is 5.91 Å². The van der Waals surface area contributed by atoms with Crippen LogP contribution in [0, 0.1) is 0 Å². The number of hydrogen-bond acceptors (Lipinski definition) is 3. The molecule has 0 aliphatic rings. The predicted octanol–water partition coefficient (Wildman–Crippen LogP) is 4.57. The van der Waals surface area contributed by atoms with Gasteiger partial charge in [-0.1, -0.05) is 29.3 Å². The van der Waals surface area contributed by atoms with E-state index < -0.39 is 0 Å². The molecule has 5 nitrogen and oxygen atoms in total. The molecule has 7 heteroatoms. The number of carbonyl (C=O) groups excluding carboxylic acids is 2. The van der Waals surface area contributed by atoms with E-state index in [2.05, 4.69) is 16.0 Å². The molecule has 0 bridgehead atoms. The third-order valence-corrected chi connectivity index (χ3v) is 3.83. The van der Waals surface area contributed by atoms with Crippen LogP contribution in [0.2, 0.25) is 10.0 Å². The summed E-state index contributed by atoms with van der Waals surface area (Å²) in [6, 6.07) is 11.8. The summed E-state index contributed by atoms with van der Waals surface area (Å²) in [6.07, 6.45) is 0. The molecule has 0 heterocycles. The quantitative estimate of drug-likeness (QED) is 0.696. The Morgan fingerprint density at radius 2 is 1.77 bits per heavy atom. The molecule has 2 aromatic rings. The Labute approximate surface area is 163 Å². The normalized spacial score (nSPS) is 11.0. The molecule has 0 aliphatic carbocycles. The van der Waals surface area contributed by atoms with Crippen molar-refractivity contribution < 1.29 is 9.59 Å². The molecule has 0 unspecified atom stereocenters. The fraction of sp³-hybridized carbons (Fsp3) is 0.263. The molecule has 2 rings (SSSR count). The third kappa shape index (κ3) is 6.24.